The van der Waals surface area contributed by atoms with Crippen LogP contribution < -0.4 is 11.1 Å². The fourth-order valence-corrected chi connectivity index (χ4v) is 1.56. The molecule has 1 unspecified atom stereocenters. The average Bonchev–Trinajstić information content (AvgIpc) is 2.49. The highest BCUT2D eigenvalue weighted by Crippen LogP contribution is 2.03. The highest BCUT2D eigenvalue weighted by molar-refractivity contribution is 6.57. The molecule has 1 aromatic carbocycles. The summed E-state index contributed by atoms with van der Waals surface area (Å²) in [6, 6.07) is 7.81. The van der Waals surface area contributed by atoms with Gasteiger partial charge in [-0.2, -0.15) is 0 Å². The molecule has 0 saturated carbocycles. The molecule has 1 amide bonds. The van der Waals surface area contributed by atoms with Crippen LogP contribution in [0.4, 0.5) is 4.79 Å². The lowest BCUT2D eigenvalue weighted by atomic mass is 10.0. The van der Waals surface area contributed by atoms with E-state index in [4.69, 9.17) is 13.6 Å². The summed E-state index contributed by atoms with van der Waals surface area (Å²) >= 11 is 0. The number of carbonyl (C=O) groups excluding carboxylic acids is 2. The van der Waals surface area contributed by atoms with E-state index in [9.17, 15) is 14.7 Å². The topological polar surface area (TPSA) is 114 Å². The predicted octanol–water partition coefficient (Wildman–Crippen LogP) is -0.132. The molecule has 0 aliphatic rings. The first kappa shape index (κ1) is 16.7. The van der Waals surface area contributed by atoms with Crippen molar-refractivity contribution in [3.63, 3.8) is 0 Å². The molecule has 0 saturated heterocycles. The number of benzene rings is 1. The molecular formula is C13H16BN3O4. The molecule has 0 aliphatic heterocycles. The first-order chi connectivity index (χ1) is 9.95. The van der Waals surface area contributed by atoms with Crippen LogP contribution in [0.15, 0.2) is 35.5 Å². The number of nitrogens with zero attached hydrogens (tertiary/aromatic N) is 1. The van der Waals surface area contributed by atoms with Gasteiger partial charge in [-0.05, 0) is 6.42 Å². The number of hydrogen-bond donors (Lipinski definition) is 3. The lowest BCUT2D eigenvalue weighted by Crippen LogP contribution is -2.46. The van der Waals surface area contributed by atoms with Gasteiger partial charge in [-0.1, -0.05) is 42.4 Å². The van der Waals surface area contributed by atoms with Crippen molar-refractivity contribution in [2.45, 2.75) is 25.5 Å². The molecule has 21 heavy (non-hydrogen) atoms. The zero-order chi connectivity index (χ0) is 15.8. The number of amidine groups is 1. The van der Waals surface area contributed by atoms with Gasteiger partial charge >= 0.3 is 5.97 Å². The summed E-state index contributed by atoms with van der Waals surface area (Å²) in [5.41, 5.74) is 6.21. The van der Waals surface area contributed by atoms with E-state index < -0.39 is 23.9 Å². The molecule has 1 aromatic rings. The molecule has 4 N–H and O–H groups in total. The third kappa shape index (κ3) is 5.27. The summed E-state index contributed by atoms with van der Waals surface area (Å²) in [6.07, 6.45) is -1.30. The monoisotopic (exact) mass is 289 g/mol. The van der Waals surface area contributed by atoms with E-state index in [1.165, 1.54) is 0 Å². The van der Waals surface area contributed by atoms with Crippen LogP contribution in [0.2, 0.25) is 0 Å². The Labute approximate surface area is 123 Å². The molecule has 110 valence electrons. The normalized spacial score (nSPS) is 14.1. The number of rotatable bonds is 6. The Bertz CT molecular complexity index is 521. The largest absolute Gasteiger partial charge is 0.380 e. The van der Waals surface area contributed by atoms with Crippen LogP contribution in [0.1, 0.15) is 18.9 Å². The van der Waals surface area contributed by atoms with E-state index in [1.807, 2.05) is 0 Å². The SMILES string of the molecule is [B]C(=O)N[C@@H](CC)C(O)C(=O)O/N=C(\N)c1ccccc1. The summed E-state index contributed by atoms with van der Waals surface area (Å²) in [7, 11) is 4.94. The molecule has 0 aliphatic carbocycles. The number of amides is 1. The summed E-state index contributed by atoms with van der Waals surface area (Å²) in [5, 5.41) is 15.4. The molecule has 8 heteroatoms. The van der Waals surface area contributed by atoms with E-state index in [2.05, 4.69) is 15.3 Å². The summed E-state index contributed by atoms with van der Waals surface area (Å²) in [5.74, 6) is -1.89. The molecule has 0 heterocycles. The first-order valence-electron chi connectivity index (χ1n) is 6.29. The Kier molecular flexibility index (Phi) is 6.41. The van der Waals surface area contributed by atoms with Crippen LogP contribution in [-0.4, -0.2) is 42.7 Å². The van der Waals surface area contributed by atoms with Crippen molar-refractivity contribution in [3.8, 4) is 0 Å². The maximum atomic E-state index is 11.6. The molecule has 0 spiro atoms. The zero-order valence-electron chi connectivity index (χ0n) is 11.5. The minimum Gasteiger partial charge on any atom is -0.380 e. The highest BCUT2D eigenvalue weighted by Gasteiger charge is 2.27. The number of carbonyl (C=O) groups is 2. The summed E-state index contributed by atoms with van der Waals surface area (Å²) in [4.78, 5) is 26.9. The maximum Gasteiger partial charge on any atom is 0.365 e. The second-order valence-corrected chi connectivity index (χ2v) is 4.22. The van der Waals surface area contributed by atoms with E-state index in [-0.39, 0.29) is 12.3 Å². The first-order valence-corrected chi connectivity index (χ1v) is 6.29. The standard InChI is InChI=1S/C13H16BN3O4/c1-2-9(16-13(14)20)10(18)12(19)21-17-11(15)8-6-4-3-5-7-8/h3-7,9-10,18H,2H2,1H3,(H2,15,17)(H,16,20)/t9-,10?/m0/s1. The number of nitrogens with two attached hydrogens (primary N) is 1. The maximum absolute atomic E-state index is 11.6. The molecule has 2 radical (unpaired) electrons. The minimum atomic E-state index is -1.59. The van der Waals surface area contributed by atoms with E-state index in [0.29, 0.717) is 5.56 Å². The van der Waals surface area contributed by atoms with Crippen LogP contribution in [0.3, 0.4) is 0 Å². The van der Waals surface area contributed by atoms with Gasteiger partial charge in [0.2, 0.25) is 7.85 Å². The Morgan fingerprint density at radius 2 is 2.05 bits per heavy atom. The van der Waals surface area contributed by atoms with Crippen LogP contribution in [-0.2, 0) is 9.63 Å². The number of hydrogen-bond acceptors (Lipinski definition) is 5. The fraction of sp³-hybridized carbons (Fsp3) is 0.308. The number of oxime groups is 1. The van der Waals surface area contributed by atoms with Crippen LogP contribution >= 0.6 is 0 Å². The van der Waals surface area contributed by atoms with Crippen LogP contribution in [0, 0.1) is 0 Å². The third-order valence-electron chi connectivity index (χ3n) is 2.69. The predicted molar refractivity (Wildman–Crippen MR) is 77.6 cm³/mol. The quantitative estimate of drug-likeness (QED) is 0.222. The molecule has 7 nitrogen and oxygen atoms in total. The van der Waals surface area contributed by atoms with Gasteiger partial charge in [0.25, 0.3) is 0 Å². The van der Waals surface area contributed by atoms with Crippen molar-refractivity contribution in [2.75, 3.05) is 0 Å². The van der Waals surface area contributed by atoms with Gasteiger partial charge in [0.1, 0.15) is 0 Å². The zero-order valence-corrected chi connectivity index (χ0v) is 11.5. The Morgan fingerprint density at radius 3 is 2.57 bits per heavy atom. The Balaban J connectivity index is 2.65. The van der Waals surface area contributed by atoms with Crippen molar-refractivity contribution >= 4 is 25.5 Å². The smallest absolute Gasteiger partial charge is 0.365 e. The summed E-state index contributed by atoms with van der Waals surface area (Å²) < 4.78 is 0. The van der Waals surface area contributed by atoms with Crippen LogP contribution in [0.25, 0.3) is 0 Å². The van der Waals surface area contributed by atoms with E-state index in [1.54, 1.807) is 37.3 Å². The van der Waals surface area contributed by atoms with Gasteiger partial charge in [0.05, 0.1) is 6.04 Å². The van der Waals surface area contributed by atoms with E-state index >= 15 is 0 Å². The van der Waals surface area contributed by atoms with Crippen LogP contribution in [0.5, 0.6) is 0 Å². The third-order valence-corrected chi connectivity index (χ3v) is 2.69. The van der Waals surface area contributed by atoms with Gasteiger partial charge in [0, 0.05) is 5.56 Å². The molecule has 0 aromatic heterocycles. The van der Waals surface area contributed by atoms with E-state index in [0.717, 1.165) is 0 Å². The average molecular weight is 289 g/mol. The van der Waals surface area contributed by atoms with Crippen molar-refractivity contribution in [1.29, 1.82) is 0 Å². The fourth-order valence-electron chi connectivity index (χ4n) is 1.56. The molecule has 2 atom stereocenters. The Morgan fingerprint density at radius 1 is 1.43 bits per heavy atom. The molecular weight excluding hydrogens is 273 g/mol. The Hall–Kier alpha value is -2.35. The minimum absolute atomic E-state index is 0.00735. The lowest BCUT2D eigenvalue weighted by Gasteiger charge is -2.19. The lowest BCUT2D eigenvalue weighted by molar-refractivity contribution is -0.155. The highest BCUT2D eigenvalue weighted by atomic mass is 16.7. The van der Waals surface area contributed by atoms with Crippen molar-refractivity contribution in [1.82, 2.24) is 5.32 Å². The summed E-state index contributed by atoms with van der Waals surface area (Å²) in [6.45, 7) is 1.67. The van der Waals surface area contributed by atoms with Crippen molar-refractivity contribution in [3.05, 3.63) is 35.9 Å². The van der Waals surface area contributed by atoms with Gasteiger partial charge in [-0.3, -0.25) is 4.79 Å². The number of aliphatic hydroxyl groups is 1. The van der Waals surface area contributed by atoms with Gasteiger partial charge in [-0.25, -0.2) is 4.79 Å². The van der Waals surface area contributed by atoms with Gasteiger partial charge < -0.3 is 21.0 Å². The molecule has 0 bridgehead atoms. The van der Waals surface area contributed by atoms with Crippen molar-refractivity contribution < 1.29 is 19.5 Å². The van der Waals surface area contributed by atoms with Gasteiger partial charge in [0.15, 0.2) is 17.7 Å². The number of aliphatic hydroxyl groups excluding tert-OH is 1. The second kappa shape index (κ2) is 8.06. The van der Waals surface area contributed by atoms with Gasteiger partial charge in [-0.15, -0.1) is 0 Å². The molecule has 0 fully saturated rings. The van der Waals surface area contributed by atoms with Crippen molar-refractivity contribution in [2.24, 2.45) is 10.9 Å². The number of nitrogens with one attached hydrogen (secondary N) is 1. The molecule has 1 rings (SSSR count). The second-order valence-electron chi connectivity index (χ2n) is 4.22.